The van der Waals surface area contributed by atoms with Gasteiger partial charge in [-0.1, -0.05) is 12.8 Å². The molecule has 4 nitrogen and oxygen atoms in total. The maximum Gasteiger partial charge on any atom is 0.0900 e. The fraction of sp³-hybridized carbons (Fsp3) is 1.00. The molecule has 106 valence electrons. The van der Waals surface area contributed by atoms with Crippen LogP contribution in [0.15, 0.2) is 0 Å². The first-order valence-electron chi connectivity index (χ1n) is 7.31. The number of rotatable bonds is 5. The molecule has 0 bridgehead atoms. The van der Waals surface area contributed by atoms with E-state index in [1.165, 1.54) is 19.3 Å². The van der Waals surface area contributed by atoms with Crippen molar-refractivity contribution in [2.24, 2.45) is 5.92 Å². The molecule has 0 amide bonds. The highest BCUT2D eigenvalue weighted by atomic mass is 16.5. The summed E-state index contributed by atoms with van der Waals surface area (Å²) in [6.07, 6.45) is 6.32. The van der Waals surface area contributed by atoms with Crippen LogP contribution in [-0.2, 0) is 4.74 Å². The summed E-state index contributed by atoms with van der Waals surface area (Å²) in [6.45, 7) is 2.13. The molecule has 1 saturated heterocycles. The molecule has 1 aliphatic heterocycles. The molecule has 4 heteroatoms. The van der Waals surface area contributed by atoms with Crippen molar-refractivity contribution in [2.45, 2.75) is 56.8 Å². The van der Waals surface area contributed by atoms with Gasteiger partial charge in [-0.05, 0) is 32.2 Å². The molecule has 2 N–H and O–H groups in total. The van der Waals surface area contributed by atoms with E-state index in [0.29, 0.717) is 25.1 Å². The largest absolute Gasteiger partial charge is 0.393 e. The van der Waals surface area contributed by atoms with Gasteiger partial charge in [-0.2, -0.15) is 0 Å². The van der Waals surface area contributed by atoms with Gasteiger partial charge in [0, 0.05) is 25.6 Å². The standard InChI is InChI=1S/C14H27NO3/c1-18-10-11(16)9-15-8-4-6-13(15)12-5-2-3-7-14(12)17/h11-14,16-17H,2-10H2,1H3. The summed E-state index contributed by atoms with van der Waals surface area (Å²) in [7, 11) is 1.62. The Morgan fingerprint density at radius 3 is 2.72 bits per heavy atom. The van der Waals surface area contributed by atoms with E-state index >= 15 is 0 Å². The van der Waals surface area contributed by atoms with Crippen molar-refractivity contribution in [3.8, 4) is 0 Å². The second-order valence-corrected chi connectivity index (χ2v) is 5.83. The van der Waals surface area contributed by atoms with E-state index in [-0.39, 0.29) is 6.10 Å². The van der Waals surface area contributed by atoms with Gasteiger partial charge in [0.15, 0.2) is 0 Å². The molecular formula is C14H27NO3. The summed E-state index contributed by atoms with van der Waals surface area (Å²) in [6, 6.07) is 0.465. The average molecular weight is 257 g/mol. The minimum Gasteiger partial charge on any atom is -0.393 e. The molecular weight excluding hydrogens is 230 g/mol. The SMILES string of the molecule is COCC(O)CN1CCCC1C1CCCCC1O. The van der Waals surface area contributed by atoms with Gasteiger partial charge in [-0.15, -0.1) is 0 Å². The highest BCUT2D eigenvalue weighted by Crippen LogP contribution is 2.34. The fourth-order valence-corrected chi connectivity index (χ4v) is 3.67. The quantitative estimate of drug-likeness (QED) is 0.772. The number of nitrogens with zero attached hydrogens (tertiary/aromatic N) is 1. The van der Waals surface area contributed by atoms with Crippen molar-refractivity contribution >= 4 is 0 Å². The Morgan fingerprint density at radius 1 is 1.22 bits per heavy atom. The van der Waals surface area contributed by atoms with Crippen LogP contribution in [0.4, 0.5) is 0 Å². The summed E-state index contributed by atoms with van der Waals surface area (Å²) in [5, 5.41) is 20.0. The van der Waals surface area contributed by atoms with Gasteiger partial charge in [0.05, 0.1) is 18.8 Å². The second kappa shape index (κ2) is 6.85. The molecule has 0 radical (unpaired) electrons. The van der Waals surface area contributed by atoms with Crippen LogP contribution in [0.25, 0.3) is 0 Å². The topological polar surface area (TPSA) is 52.9 Å². The molecule has 0 spiro atoms. The molecule has 18 heavy (non-hydrogen) atoms. The smallest absolute Gasteiger partial charge is 0.0900 e. The second-order valence-electron chi connectivity index (χ2n) is 5.83. The highest BCUT2D eigenvalue weighted by Gasteiger charge is 2.37. The monoisotopic (exact) mass is 257 g/mol. The van der Waals surface area contributed by atoms with E-state index in [1.54, 1.807) is 7.11 Å². The number of aliphatic hydroxyl groups excluding tert-OH is 2. The first kappa shape index (κ1) is 14.3. The molecule has 0 aromatic rings. The maximum atomic E-state index is 10.2. The highest BCUT2D eigenvalue weighted by molar-refractivity contribution is 4.91. The van der Waals surface area contributed by atoms with Gasteiger partial charge >= 0.3 is 0 Å². The van der Waals surface area contributed by atoms with E-state index in [2.05, 4.69) is 4.90 Å². The van der Waals surface area contributed by atoms with E-state index in [1.807, 2.05) is 0 Å². The van der Waals surface area contributed by atoms with Gasteiger partial charge in [-0.3, -0.25) is 4.90 Å². The Hall–Kier alpha value is -0.160. The van der Waals surface area contributed by atoms with Crippen molar-refractivity contribution < 1.29 is 14.9 Å². The zero-order valence-corrected chi connectivity index (χ0v) is 11.4. The summed E-state index contributed by atoms with van der Waals surface area (Å²) < 4.78 is 4.99. The van der Waals surface area contributed by atoms with Gasteiger partial charge in [0.25, 0.3) is 0 Å². The molecule has 1 heterocycles. The Labute approximate surface area is 110 Å². The van der Waals surface area contributed by atoms with Gasteiger partial charge in [0.1, 0.15) is 0 Å². The van der Waals surface area contributed by atoms with Crippen LogP contribution in [0.5, 0.6) is 0 Å². The lowest BCUT2D eigenvalue weighted by Crippen LogP contribution is -2.45. The van der Waals surface area contributed by atoms with E-state index in [9.17, 15) is 10.2 Å². The maximum absolute atomic E-state index is 10.2. The van der Waals surface area contributed by atoms with Crippen LogP contribution in [0, 0.1) is 5.92 Å². The normalized spacial score (nSPS) is 35.8. The Morgan fingerprint density at radius 2 is 2.00 bits per heavy atom. The van der Waals surface area contributed by atoms with Crippen LogP contribution in [0.2, 0.25) is 0 Å². The lowest BCUT2D eigenvalue weighted by atomic mass is 9.80. The lowest BCUT2D eigenvalue weighted by Gasteiger charge is -2.37. The molecule has 0 aromatic carbocycles. The zero-order valence-electron chi connectivity index (χ0n) is 11.4. The van der Waals surface area contributed by atoms with Crippen LogP contribution in [-0.4, -0.2) is 60.2 Å². The van der Waals surface area contributed by atoms with Gasteiger partial charge in [-0.25, -0.2) is 0 Å². The number of hydrogen-bond acceptors (Lipinski definition) is 4. The Balaban J connectivity index is 1.89. The number of methoxy groups -OCH3 is 1. The van der Waals surface area contributed by atoms with E-state index < -0.39 is 6.10 Å². The third kappa shape index (κ3) is 3.44. The lowest BCUT2D eigenvalue weighted by molar-refractivity contribution is -0.00489. The van der Waals surface area contributed by atoms with Crippen molar-refractivity contribution in [3.63, 3.8) is 0 Å². The number of aliphatic hydroxyl groups is 2. The van der Waals surface area contributed by atoms with Crippen molar-refractivity contribution in [2.75, 3.05) is 26.8 Å². The molecule has 1 saturated carbocycles. The third-order valence-electron chi connectivity index (χ3n) is 4.49. The third-order valence-corrected chi connectivity index (χ3v) is 4.49. The number of β-amino-alcohol motifs (C(OH)–C–C–N with tert-alkyl or cyclic N) is 1. The number of hydrogen-bond donors (Lipinski definition) is 2. The van der Waals surface area contributed by atoms with Crippen molar-refractivity contribution in [1.82, 2.24) is 4.90 Å². The first-order valence-corrected chi connectivity index (χ1v) is 7.31. The molecule has 1 aliphatic carbocycles. The molecule has 2 fully saturated rings. The van der Waals surface area contributed by atoms with Crippen molar-refractivity contribution in [1.29, 1.82) is 0 Å². The average Bonchev–Trinajstić information content (AvgIpc) is 2.78. The first-order chi connectivity index (χ1) is 8.72. The molecule has 4 atom stereocenters. The molecule has 4 unspecified atom stereocenters. The Kier molecular flexibility index (Phi) is 5.42. The minimum absolute atomic E-state index is 0.135. The fourth-order valence-electron chi connectivity index (χ4n) is 3.67. The van der Waals surface area contributed by atoms with Crippen LogP contribution >= 0.6 is 0 Å². The zero-order chi connectivity index (χ0) is 13.0. The Bertz CT molecular complexity index is 249. The predicted octanol–water partition coefficient (Wildman–Crippen LogP) is 1.01. The number of likely N-dealkylation sites (tertiary alicyclic amines) is 1. The molecule has 0 aromatic heterocycles. The van der Waals surface area contributed by atoms with Crippen LogP contribution < -0.4 is 0 Å². The summed E-state index contributed by atoms with van der Waals surface area (Å²) in [4.78, 5) is 2.36. The van der Waals surface area contributed by atoms with E-state index in [0.717, 1.165) is 25.8 Å². The summed E-state index contributed by atoms with van der Waals surface area (Å²) >= 11 is 0. The summed E-state index contributed by atoms with van der Waals surface area (Å²) in [5.74, 6) is 0.413. The van der Waals surface area contributed by atoms with Crippen LogP contribution in [0.1, 0.15) is 38.5 Å². The van der Waals surface area contributed by atoms with Gasteiger partial charge < -0.3 is 14.9 Å². The molecule has 2 aliphatic rings. The van der Waals surface area contributed by atoms with E-state index in [4.69, 9.17) is 4.74 Å². The van der Waals surface area contributed by atoms with Gasteiger partial charge in [0.2, 0.25) is 0 Å². The number of ether oxygens (including phenoxy) is 1. The van der Waals surface area contributed by atoms with Crippen LogP contribution in [0.3, 0.4) is 0 Å². The summed E-state index contributed by atoms with van der Waals surface area (Å²) in [5.41, 5.74) is 0. The molecule has 2 rings (SSSR count). The van der Waals surface area contributed by atoms with Crippen molar-refractivity contribution in [3.05, 3.63) is 0 Å². The minimum atomic E-state index is -0.406. The predicted molar refractivity (Wildman–Crippen MR) is 70.4 cm³/mol.